The summed E-state index contributed by atoms with van der Waals surface area (Å²) < 4.78 is 10.3. The van der Waals surface area contributed by atoms with Crippen LogP contribution in [0.4, 0.5) is 21.0 Å². The van der Waals surface area contributed by atoms with Crippen molar-refractivity contribution < 1.29 is 19.1 Å². The molecule has 0 spiro atoms. The van der Waals surface area contributed by atoms with E-state index in [2.05, 4.69) is 10.2 Å². The highest BCUT2D eigenvalue weighted by molar-refractivity contribution is 7.80. The Kier molecular flexibility index (Phi) is 5.75. The number of carbonyl (C=O) groups excluding carboxylic acids is 2. The maximum atomic E-state index is 12.3. The number of hydrogen-bond donors (Lipinski definition) is 1. The summed E-state index contributed by atoms with van der Waals surface area (Å²) in [5.41, 5.74) is 1.89. The third-order valence-electron chi connectivity index (χ3n) is 5.57. The lowest BCUT2D eigenvalue weighted by atomic mass is 10.2. The first-order valence-corrected chi connectivity index (χ1v) is 10.4. The molecule has 1 aromatic carbocycles. The molecule has 1 N–H and O–H groups in total. The summed E-state index contributed by atoms with van der Waals surface area (Å²) in [5, 5.41) is 3.23. The van der Waals surface area contributed by atoms with Crippen molar-refractivity contribution in [3.8, 4) is 0 Å². The van der Waals surface area contributed by atoms with E-state index in [0.29, 0.717) is 32.1 Å². The summed E-state index contributed by atoms with van der Waals surface area (Å²) in [6.45, 7) is 3.81. The molecule has 1 aromatic rings. The summed E-state index contributed by atoms with van der Waals surface area (Å²) in [6.07, 6.45) is 1.51. The van der Waals surface area contributed by atoms with E-state index in [1.807, 2.05) is 24.3 Å². The van der Waals surface area contributed by atoms with Crippen molar-refractivity contribution in [2.45, 2.75) is 18.9 Å². The number of anilines is 2. The number of methoxy groups -OCH3 is 1. The minimum absolute atomic E-state index is 0.203. The minimum Gasteiger partial charge on any atom is -0.453 e. The molecule has 8 nitrogen and oxygen atoms in total. The lowest BCUT2D eigenvalue weighted by molar-refractivity contribution is 0.121. The highest BCUT2D eigenvalue weighted by Crippen LogP contribution is 2.30. The van der Waals surface area contributed by atoms with Crippen molar-refractivity contribution in [3.63, 3.8) is 0 Å². The zero-order valence-corrected chi connectivity index (χ0v) is 17.3. The smallest absolute Gasteiger partial charge is 0.414 e. The monoisotopic (exact) mass is 418 g/mol. The van der Waals surface area contributed by atoms with Gasteiger partial charge in [0.25, 0.3) is 0 Å². The topological polar surface area (TPSA) is 74.3 Å². The predicted molar refractivity (Wildman–Crippen MR) is 114 cm³/mol. The van der Waals surface area contributed by atoms with E-state index in [9.17, 15) is 9.59 Å². The van der Waals surface area contributed by atoms with Crippen LogP contribution in [-0.2, 0) is 9.47 Å². The molecule has 0 unspecified atom stereocenters. The Morgan fingerprint density at radius 2 is 1.83 bits per heavy atom. The highest BCUT2D eigenvalue weighted by atomic mass is 32.1. The molecule has 2 heterocycles. The average Bonchev–Trinajstić information content (AvgIpc) is 3.54. The summed E-state index contributed by atoms with van der Waals surface area (Å²) in [6, 6.07) is 7.89. The zero-order valence-electron chi connectivity index (χ0n) is 16.5. The molecule has 156 valence electrons. The molecule has 1 atom stereocenters. The Labute approximate surface area is 175 Å². The third-order valence-corrected chi connectivity index (χ3v) is 6.04. The summed E-state index contributed by atoms with van der Waals surface area (Å²) in [4.78, 5) is 30.3. The summed E-state index contributed by atoms with van der Waals surface area (Å²) in [5.74, 6) is 0.514. The van der Waals surface area contributed by atoms with Crippen molar-refractivity contribution in [1.82, 2.24) is 10.2 Å². The maximum absolute atomic E-state index is 12.3. The van der Waals surface area contributed by atoms with Gasteiger partial charge in [-0.05, 0) is 37.1 Å². The second-order valence-electron chi connectivity index (χ2n) is 7.60. The van der Waals surface area contributed by atoms with Crippen molar-refractivity contribution in [2.75, 3.05) is 56.2 Å². The second kappa shape index (κ2) is 8.44. The van der Waals surface area contributed by atoms with Gasteiger partial charge in [-0.2, -0.15) is 0 Å². The Balaban J connectivity index is 1.30. The van der Waals surface area contributed by atoms with Gasteiger partial charge in [-0.3, -0.25) is 4.90 Å². The van der Waals surface area contributed by atoms with Gasteiger partial charge >= 0.3 is 12.2 Å². The molecule has 3 aliphatic rings. The number of nitrogens with one attached hydrogen (secondary N) is 1. The van der Waals surface area contributed by atoms with Crippen molar-refractivity contribution in [1.29, 1.82) is 0 Å². The first-order chi connectivity index (χ1) is 14.0. The van der Waals surface area contributed by atoms with Gasteiger partial charge in [-0.1, -0.05) is 12.2 Å². The van der Waals surface area contributed by atoms with E-state index >= 15 is 0 Å². The molecule has 1 aliphatic carbocycles. The van der Waals surface area contributed by atoms with Gasteiger partial charge in [0.1, 0.15) is 6.10 Å². The van der Waals surface area contributed by atoms with E-state index in [1.54, 1.807) is 9.80 Å². The molecule has 3 fully saturated rings. The van der Waals surface area contributed by atoms with E-state index in [0.717, 1.165) is 42.3 Å². The number of ether oxygens (including phenoxy) is 2. The number of cyclic esters (lactones) is 1. The molecule has 2 amide bonds. The molecular formula is C20H26N4O4S. The van der Waals surface area contributed by atoms with Gasteiger partial charge in [0.15, 0.2) is 0 Å². The van der Waals surface area contributed by atoms with Crippen LogP contribution in [0.3, 0.4) is 0 Å². The minimum atomic E-state index is -0.325. The fourth-order valence-corrected chi connectivity index (χ4v) is 3.98. The van der Waals surface area contributed by atoms with Crippen LogP contribution in [0.5, 0.6) is 0 Å². The molecule has 4 rings (SSSR count). The van der Waals surface area contributed by atoms with E-state index in [1.165, 1.54) is 7.11 Å². The largest absolute Gasteiger partial charge is 0.453 e. The first-order valence-electron chi connectivity index (χ1n) is 9.99. The average molecular weight is 419 g/mol. The van der Waals surface area contributed by atoms with Crippen molar-refractivity contribution in [2.24, 2.45) is 5.92 Å². The lowest BCUT2D eigenvalue weighted by Gasteiger charge is -2.35. The first kappa shape index (κ1) is 19.8. The fraction of sp³-hybridized carbons (Fsp3) is 0.550. The predicted octanol–water partition coefficient (Wildman–Crippen LogP) is 2.23. The number of amides is 2. The number of hydrogen-bond acceptors (Lipinski definition) is 6. The van der Waals surface area contributed by atoms with Gasteiger partial charge in [0.05, 0.1) is 25.2 Å². The Morgan fingerprint density at radius 1 is 1.17 bits per heavy atom. The highest BCUT2D eigenvalue weighted by Gasteiger charge is 2.33. The molecular weight excluding hydrogens is 392 g/mol. The van der Waals surface area contributed by atoms with Gasteiger partial charge in [0, 0.05) is 43.5 Å². The number of benzene rings is 1. The lowest BCUT2D eigenvalue weighted by Crippen LogP contribution is -2.48. The van der Waals surface area contributed by atoms with Crippen LogP contribution >= 0.6 is 12.2 Å². The van der Waals surface area contributed by atoms with Crippen LogP contribution in [0.15, 0.2) is 24.3 Å². The van der Waals surface area contributed by atoms with Crippen LogP contribution < -0.4 is 15.1 Å². The summed E-state index contributed by atoms with van der Waals surface area (Å²) >= 11 is 5.33. The standard InChI is InChI=1S/C20H26N4O4S/c1-27-19(25)23-10-8-22(9-11-23)15-4-6-16(7-5-15)24-13-17(28-20(24)26)12-21-18(29)14-2-3-14/h4-7,14,17H,2-3,8-13H2,1H3,(H,21,29)/t17-/m0/s1. The molecule has 0 radical (unpaired) electrons. The van der Waals surface area contributed by atoms with E-state index < -0.39 is 0 Å². The van der Waals surface area contributed by atoms with Crippen LogP contribution in [0.2, 0.25) is 0 Å². The SMILES string of the molecule is COC(=O)N1CCN(c2ccc(N3C[C@H](CNC(=S)C4CC4)OC3=O)cc2)CC1. The number of rotatable bonds is 5. The van der Waals surface area contributed by atoms with Crippen LogP contribution in [0.1, 0.15) is 12.8 Å². The molecule has 0 bridgehead atoms. The molecule has 1 saturated carbocycles. The van der Waals surface area contributed by atoms with Crippen molar-refractivity contribution in [3.05, 3.63) is 24.3 Å². The van der Waals surface area contributed by atoms with Crippen LogP contribution in [0.25, 0.3) is 0 Å². The molecule has 9 heteroatoms. The Hall–Kier alpha value is -2.55. The Bertz CT molecular complexity index is 775. The molecule has 0 aromatic heterocycles. The quantitative estimate of drug-likeness (QED) is 0.735. The van der Waals surface area contributed by atoms with Gasteiger partial charge in [-0.15, -0.1) is 0 Å². The fourth-order valence-electron chi connectivity index (χ4n) is 3.66. The van der Waals surface area contributed by atoms with Crippen LogP contribution in [0, 0.1) is 5.92 Å². The zero-order chi connectivity index (χ0) is 20.4. The van der Waals surface area contributed by atoms with E-state index in [4.69, 9.17) is 21.7 Å². The van der Waals surface area contributed by atoms with Gasteiger partial charge in [-0.25, -0.2) is 9.59 Å². The number of carbonyl (C=O) groups is 2. The molecule has 2 saturated heterocycles. The number of nitrogens with zero attached hydrogens (tertiary/aromatic N) is 3. The second-order valence-corrected chi connectivity index (χ2v) is 8.04. The molecule has 2 aliphatic heterocycles. The summed E-state index contributed by atoms with van der Waals surface area (Å²) in [7, 11) is 1.40. The molecule has 29 heavy (non-hydrogen) atoms. The Morgan fingerprint density at radius 3 is 2.45 bits per heavy atom. The van der Waals surface area contributed by atoms with Crippen molar-refractivity contribution >= 4 is 40.8 Å². The number of piperazine rings is 1. The third kappa shape index (κ3) is 4.55. The normalized spacial score (nSPS) is 21.8. The van der Waals surface area contributed by atoms with Gasteiger partial charge < -0.3 is 24.6 Å². The van der Waals surface area contributed by atoms with Crippen LogP contribution in [-0.4, -0.2) is 74.6 Å². The maximum Gasteiger partial charge on any atom is 0.414 e. The number of thiocarbonyl (C=S) groups is 1. The van der Waals surface area contributed by atoms with Gasteiger partial charge in [0.2, 0.25) is 0 Å². The van der Waals surface area contributed by atoms with E-state index in [-0.39, 0.29) is 18.3 Å².